The van der Waals surface area contributed by atoms with E-state index in [9.17, 15) is 9.90 Å². The number of carbonyl (C=O) groups is 1. The summed E-state index contributed by atoms with van der Waals surface area (Å²) in [5, 5.41) is 18.4. The highest BCUT2D eigenvalue weighted by Crippen LogP contribution is 2.20. The van der Waals surface area contributed by atoms with Crippen LogP contribution in [0.1, 0.15) is 27.2 Å². The second kappa shape index (κ2) is 4.37. The number of aliphatic hydroxyl groups excluding tert-OH is 2. The molecule has 1 aliphatic rings. The summed E-state index contributed by atoms with van der Waals surface area (Å²) in [7, 11) is 0. The Kier molecular flexibility index (Phi) is 3.57. The first kappa shape index (κ1) is 12.3. The normalized spacial score (nSPS) is 26.9. The number of ether oxygens (including phenoxy) is 1. The Morgan fingerprint density at radius 2 is 2.13 bits per heavy atom. The molecule has 1 fully saturated rings. The predicted molar refractivity (Wildman–Crippen MR) is 54.4 cm³/mol. The Balaban J connectivity index is 2.59. The van der Waals surface area contributed by atoms with Crippen molar-refractivity contribution in [2.45, 2.75) is 44.9 Å². The van der Waals surface area contributed by atoms with Crippen molar-refractivity contribution in [2.75, 3.05) is 13.2 Å². The van der Waals surface area contributed by atoms with E-state index in [0.717, 1.165) is 0 Å². The van der Waals surface area contributed by atoms with E-state index in [1.54, 1.807) is 20.8 Å². The molecule has 88 valence electrons. The van der Waals surface area contributed by atoms with Crippen molar-refractivity contribution in [3.05, 3.63) is 0 Å². The topological polar surface area (TPSA) is 70.0 Å². The maximum absolute atomic E-state index is 11.7. The lowest BCUT2D eigenvalue weighted by molar-refractivity contribution is 0.0162. The summed E-state index contributed by atoms with van der Waals surface area (Å²) in [4.78, 5) is 13.0. The first-order valence-electron chi connectivity index (χ1n) is 5.12. The van der Waals surface area contributed by atoms with Crippen molar-refractivity contribution in [3.63, 3.8) is 0 Å². The quantitative estimate of drug-likeness (QED) is 0.665. The standard InChI is InChI=1S/C10H19NO4/c1-10(2,3)15-9(14)11-5-8(13)4-7(11)6-12/h7-8,12-13H,4-6H2,1-3H3/t7?,8-/m0/s1. The highest BCUT2D eigenvalue weighted by atomic mass is 16.6. The fourth-order valence-corrected chi connectivity index (χ4v) is 1.61. The minimum absolute atomic E-state index is 0.143. The van der Waals surface area contributed by atoms with Crippen LogP contribution in [-0.2, 0) is 4.74 Å². The number of aliphatic hydroxyl groups is 2. The van der Waals surface area contributed by atoms with Crippen molar-refractivity contribution >= 4 is 6.09 Å². The number of likely N-dealkylation sites (tertiary alicyclic amines) is 1. The van der Waals surface area contributed by atoms with E-state index in [1.807, 2.05) is 0 Å². The number of hydrogen-bond acceptors (Lipinski definition) is 4. The molecule has 1 saturated heterocycles. The predicted octanol–water partition coefficient (Wildman–Crippen LogP) is 0.349. The van der Waals surface area contributed by atoms with Crippen LogP contribution in [0, 0.1) is 0 Å². The first-order chi connectivity index (χ1) is 6.83. The zero-order valence-electron chi connectivity index (χ0n) is 9.43. The highest BCUT2D eigenvalue weighted by Gasteiger charge is 2.36. The second-order valence-corrected chi connectivity index (χ2v) is 4.86. The minimum atomic E-state index is -0.560. The molecule has 1 amide bonds. The van der Waals surface area contributed by atoms with E-state index in [0.29, 0.717) is 6.42 Å². The van der Waals surface area contributed by atoms with Gasteiger partial charge in [0, 0.05) is 0 Å². The Hall–Kier alpha value is -0.810. The molecule has 2 N–H and O–H groups in total. The first-order valence-corrected chi connectivity index (χ1v) is 5.12. The van der Waals surface area contributed by atoms with Gasteiger partial charge >= 0.3 is 6.09 Å². The summed E-state index contributed by atoms with van der Waals surface area (Å²) in [6.07, 6.45) is -0.622. The summed E-state index contributed by atoms with van der Waals surface area (Å²) in [6.45, 7) is 5.44. The van der Waals surface area contributed by atoms with Crippen molar-refractivity contribution in [3.8, 4) is 0 Å². The summed E-state index contributed by atoms with van der Waals surface area (Å²) in [6, 6.07) is -0.324. The number of nitrogens with zero attached hydrogens (tertiary/aromatic N) is 1. The molecule has 0 aliphatic carbocycles. The number of amides is 1. The molecule has 5 heteroatoms. The molecule has 0 spiro atoms. The van der Waals surface area contributed by atoms with E-state index in [-0.39, 0.29) is 19.2 Å². The molecule has 5 nitrogen and oxygen atoms in total. The lowest BCUT2D eigenvalue weighted by Gasteiger charge is -2.27. The van der Waals surface area contributed by atoms with Crippen LogP contribution < -0.4 is 0 Å². The Labute approximate surface area is 89.6 Å². The third-order valence-corrected chi connectivity index (χ3v) is 2.23. The van der Waals surface area contributed by atoms with Crippen molar-refractivity contribution < 1.29 is 19.7 Å². The van der Waals surface area contributed by atoms with Gasteiger partial charge in [-0.25, -0.2) is 4.79 Å². The Morgan fingerprint density at radius 3 is 2.60 bits per heavy atom. The van der Waals surface area contributed by atoms with Gasteiger partial charge in [0.1, 0.15) is 5.60 Å². The van der Waals surface area contributed by atoms with Gasteiger partial charge in [-0.2, -0.15) is 0 Å². The van der Waals surface area contributed by atoms with E-state index in [2.05, 4.69) is 0 Å². The SMILES string of the molecule is CC(C)(C)OC(=O)N1C[C@@H](O)CC1CO. The third kappa shape index (κ3) is 3.35. The van der Waals surface area contributed by atoms with Crippen LogP contribution in [0.3, 0.4) is 0 Å². The van der Waals surface area contributed by atoms with Crippen molar-refractivity contribution in [2.24, 2.45) is 0 Å². The zero-order chi connectivity index (χ0) is 11.6. The van der Waals surface area contributed by atoms with E-state index in [1.165, 1.54) is 4.90 Å². The molecule has 0 aromatic carbocycles. The Morgan fingerprint density at radius 1 is 1.53 bits per heavy atom. The molecule has 0 radical (unpaired) electrons. The number of hydrogen-bond donors (Lipinski definition) is 2. The van der Waals surface area contributed by atoms with E-state index < -0.39 is 17.8 Å². The van der Waals surface area contributed by atoms with E-state index >= 15 is 0 Å². The van der Waals surface area contributed by atoms with Gasteiger partial charge in [-0.3, -0.25) is 0 Å². The van der Waals surface area contributed by atoms with Crippen LogP contribution >= 0.6 is 0 Å². The average Bonchev–Trinajstić information content (AvgIpc) is 2.43. The van der Waals surface area contributed by atoms with Gasteiger partial charge in [-0.05, 0) is 27.2 Å². The number of carbonyl (C=O) groups excluding carboxylic acids is 1. The maximum Gasteiger partial charge on any atom is 0.410 e. The molecule has 15 heavy (non-hydrogen) atoms. The molecule has 1 heterocycles. The van der Waals surface area contributed by atoms with Gasteiger partial charge < -0.3 is 19.8 Å². The summed E-state index contributed by atoms with van der Waals surface area (Å²) in [5.41, 5.74) is -0.551. The van der Waals surface area contributed by atoms with Gasteiger partial charge in [0.25, 0.3) is 0 Å². The van der Waals surface area contributed by atoms with Crippen LogP contribution in [0.25, 0.3) is 0 Å². The smallest absolute Gasteiger partial charge is 0.410 e. The number of rotatable bonds is 1. The summed E-state index contributed by atoms with van der Waals surface area (Å²) in [5.74, 6) is 0. The average molecular weight is 217 g/mol. The van der Waals surface area contributed by atoms with Crippen LogP contribution in [0.5, 0.6) is 0 Å². The van der Waals surface area contributed by atoms with Gasteiger partial charge in [0.15, 0.2) is 0 Å². The molecular formula is C10H19NO4. The molecule has 0 aromatic heterocycles. The molecule has 0 bridgehead atoms. The minimum Gasteiger partial charge on any atom is -0.444 e. The summed E-state index contributed by atoms with van der Waals surface area (Å²) < 4.78 is 5.17. The molecule has 1 unspecified atom stereocenters. The monoisotopic (exact) mass is 217 g/mol. The summed E-state index contributed by atoms with van der Waals surface area (Å²) >= 11 is 0. The van der Waals surface area contributed by atoms with Gasteiger partial charge in [0.05, 0.1) is 25.3 Å². The van der Waals surface area contributed by atoms with Crippen molar-refractivity contribution in [1.29, 1.82) is 0 Å². The highest BCUT2D eigenvalue weighted by molar-refractivity contribution is 5.69. The van der Waals surface area contributed by atoms with Crippen LogP contribution in [-0.4, -0.2) is 52.1 Å². The second-order valence-electron chi connectivity index (χ2n) is 4.86. The van der Waals surface area contributed by atoms with Gasteiger partial charge in [-0.15, -0.1) is 0 Å². The third-order valence-electron chi connectivity index (χ3n) is 2.23. The molecule has 1 rings (SSSR count). The van der Waals surface area contributed by atoms with E-state index in [4.69, 9.17) is 9.84 Å². The zero-order valence-corrected chi connectivity index (χ0v) is 9.43. The van der Waals surface area contributed by atoms with Crippen LogP contribution in [0.15, 0.2) is 0 Å². The Bertz CT molecular complexity index is 236. The molecule has 0 aromatic rings. The lowest BCUT2D eigenvalue weighted by Crippen LogP contribution is -2.41. The molecular weight excluding hydrogens is 198 g/mol. The van der Waals surface area contributed by atoms with Gasteiger partial charge in [0.2, 0.25) is 0 Å². The molecule has 1 aliphatic heterocycles. The number of β-amino-alcohol motifs (C(OH)–C–C–N with tert-alkyl or cyclic N) is 1. The van der Waals surface area contributed by atoms with Crippen LogP contribution in [0.2, 0.25) is 0 Å². The maximum atomic E-state index is 11.7. The molecule has 2 atom stereocenters. The molecule has 0 saturated carbocycles. The van der Waals surface area contributed by atoms with Gasteiger partial charge in [-0.1, -0.05) is 0 Å². The van der Waals surface area contributed by atoms with Crippen LogP contribution in [0.4, 0.5) is 4.79 Å². The van der Waals surface area contributed by atoms with Crippen molar-refractivity contribution in [1.82, 2.24) is 4.90 Å². The largest absolute Gasteiger partial charge is 0.444 e. The fraction of sp³-hybridized carbons (Fsp3) is 0.900. The fourth-order valence-electron chi connectivity index (χ4n) is 1.61. The lowest BCUT2D eigenvalue weighted by atomic mass is 10.2.